The van der Waals surface area contributed by atoms with Crippen molar-refractivity contribution in [1.29, 1.82) is 0 Å². The predicted octanol–water partition coefficient (Wildman–Crippen LogP) is 6.00. The minimum Gasteiger partial charge on any atom is -0.461 e. The fourth-order valence-corrected chi connectivity index (χ4v) is 10.3. The summed E-state index contributed by atoms with van der Waals surface area (Å²) < 4.78 is 65.1. The van der Waals surface area contributed by atoms with E-state index in [0.29, 0.717) is 59.7 Å². The van der Waals surface area contributed by atoms with Crippen molar-refractivity contribution in [2.75, 3.05) is 37.7 Å². The quantitative estimate of drug-likeness (QED) is 0.253. The molecule has 0 saturated carbocycles. The largest absolute Gasteiger partial charge is 0.461 e. The molecule has 3 unspecified atom stereocenters. The third-order valence-corrected chi connectivity index (χ3v) is 12.3. The molecule has 2 aromatic heterocycles. The number of anilines is 1. The van der Waals surface area contributed by atoms with Crippen LogP contribution >= 0.6 is 11.8 Å². The standard InChI is InChI=1S/C33H36F4N8OS/c1-17-11-23-22(13-39-43-23)24(26(17)33(35,36)37)27-28-21(5-8-38-27)25-29(44-10-6-19-3-4-20(15-44)40-19)41-31(42-30(25)47-28)46-16-32-7-2-9-45(32)14-18(34)12-32/h8,11,13,18-21,40H,2-7,9-10,12,14-16H2,1H3,(H,39,43)/t18-,19?,20?,21?,32+/m1/s1. The summed E-state index contributed by atoms with van der Waals surface area (Å²) in [4.78, 5) is 19.9. The van der Waals surface area contributed by atoms with Crippen LogP contribution in [0.3, 0.4) is 0 Å². The number of hydrogen-bond donors (Lipinski definition) is 2. The van der Waals surface area contributed by atoms with E-state index in [4.69, 9.17) is 14.7 Å². The third-order valence-electron chi connectivity index (χ3n) is 11.1. The number of thioether (sulfide) groups is 1. The molecule has 2 bridgehead atoms. The summed E-state index contributed by atoms with van der Waals surface area (Å²) in [7, 11) is 0. The van der Waals surface area contributed by atoms with E-state index in [1.807, 2.05) is 0 Å². The highest BCUT2D eigenvalue weighted by molar-refractivity contribution is 8.03. The number of aromatic nitrogens is 4. The van der Waals surface area contributed by atoms with Crippen molar-refractivity contribution in [3.8, 4) is 6.01 Å². The van der Waals surface area contributed by atoms with Crippen LogP contribution in [0.2, 0.25) is 0 Å². The van der Waals surface area contributed by atoms with Gasteiger partial charge in [0.15, 0.2) is 0 Å². The molecule has 4 fully saturated rings. The number of aromatic amines is 1. The van der Waals surface area contributed by atoms with E-state index in [0.717, 1.165) is 68.0 Å². The van der Waals surface area contributed by atoms with Crippen molar-refractivity contribution >= 4 is 40.4 Å². The lowest BCUT2D eigenvalue weighted by molar-refractivity contribution is -0.138. The van der Waals surface area contributed by atoms with Crippen molar-refractivity contribution < 1.29 is 22.3 Å². The number of aryl methyl sites for hydroxylation is 1. The number of aliphatic imine (C=N–C) groups is 1. The maximum atomic E-state index is 14.7. The average molecular weight is 669 g/mol. The highest BCUT2D eigenvalue weighted by atomic mass is 32.2. The van der Waals surface area contributed by atoms with E-state index in [-0.39, 0.29) is 28.6 Å². The second-order valence-corrected chi connectivity index (χ2v) is 15.0. The fraction of sp³-hybridized carbons (Fsp3) is 0.576. The number of allylic oxidation sites excluding steroid dienone is 1. The molecular weight excluding hydrogens is 632 g/mol. The van der Waals surface area contributed by atoms with Crippen LogP contribution in [-0.2, 0) is 6.18 Å². The first kappa shape index (κ1) is 29.9. The molecule has 248 valence electrons. The maximum absolute atomic E-state index is 14.7. The molecule has 47 heavy (non-hydrogen) atoms. The van der Waals surface area contributed by atoms with Gasteiger partial charge in [0.2, 0.25) is 0 Å². The second-order valence-electron chi connectivity index (χ2n) is 14.0. The molecule has 9 rings (SSSR count). The molecule has 14 heteroatoms. The summed E-state index contributed by atoms with van der Waals surface area (Å²) >= 11 is 1.37. The molecule has 2 N–H and O–H groups in total. The number of alkyl halides is 4. The lowest BCUT2D eigenvalue weighted by atomic mass is 9.89. The lowest BCUT2D eigenvalue weighted by Gasteiger charge is -2.31. The zero-order valence-electron chi connectivity index (χ0n) is 26.0. The number of hydrogen-bond acceptors (Lipinski definition) is 9. The molecule has 1 aromatic carbocycles. The van der Waals surface area contributed by atoms with Crippen molar-refractivity contribution in [2.24, 2.45) is 4.99 Å². The van der Waals surface area contributed by atoms with Crippen LogP contribution in [0.15, 0.2) is 27.2 Å². The molecule has 4 saturated heterocycles. The van der Waals surface area contributed by atoms with Crippen LogP contribution in [0.25, 0.3) is 16.6 Å². The van der Waals surface area contributed by atoms with Crippen molar-refractivity contribution in [1.82, 2.24) is 30.4 Å². The Morgan fingerprint density at radius 2 is 2.00 bits per heavy atom. The Morgan fingerprint density at radius 3 is 2.87 bits per heavy atom. The molecular formula is C33H36F4N8OS. The Bertz CT molecular complexity index is 1830. The van der Waals surface area contributed by atoms with Gasteiger partial charge in [-0.1, -0.05) is 11.8 Å². The van der Waals surface area contributed by atoms with Gasteiger partial charge in [-0.25, -0.2) is 4.39 Å². The third kappa shape index (κ3) is 4.87. The first-order valence-corrected chi connectivity index (χ1v) is 17.4. The van der Waals surface area contributed by atoms with Crippen LogP contribution in [0.1, 0.15) is 73.1 Å². The van der Waals surface area contributed by atoms with Gasteiger partial charge in [-0.3, -0.25) is 15.0 Å². The van der Waals surface area contributed by atoms with E-state index >= 15 is 0 Å². The van der Waals surface area contributed by atoms with Crippen molar-refractivity contribution in [3.05, 3.63) is 39.4 Å². The number of benzene rings is 1. The lowest BCUT2D eigenvalue weighted by Crippen LogP contribution is -2.43. The molecule has 3 aromatic rings. The average Bonchev–Trinajstić information content (AvgIpc) is 3.82. The van der Waals surface area contributed by atoms with Crippen molar-refractivity contribution in [2.45, 2.75) is 92.8 Å². The van der Waals surface area contributed by atoms with Gasteiger partial charge in [0.1, 0.15) is 23.6 Å². The second kappa shape index (κ2) is 10.9. The maximum Gasteiger partial charge on any atom is 0.417 e. The number of H-pyrrole nitrogens is 1. The number of rotatable bonds is 5. The monoisotopic (exact) mass is 668 g/mol. The Morgan fingerprint density at radius 1 is 1.13 bits per heavy atom. The molecule has 0 radical (unpaired) electrons. The summed E-state index contributed by atoms with van der Waals surface area (Å²) in [5.41, 5.74) is 0.862. The predicted molar refractivity (Wildman–Crippen MR) is 172 cm³/mol. The molecule has 6 aliphatic rings. The molecule has 0 amide bonds. The van der Waals surface area contributed by atoms with Gasteiger partial charge in [0, 0.05) is 71.7 Å². The van der Waals surface area contributed by atoms with Gasteiger partial charge in [-0.05, 0) is 63.6 Å². The Labute approximate surface area is 273 Å². The number of ether oxygens (including phenoxy) is 1. The summed E-state index contributed by atoms with van der Waals surface area (Å²) in [6.45, 7) is 4.67. The Balaban J connectivity index is 1.16. The summed E-state index contributed by atoms with van der Waals surface area (Å²) in [6, 6.07) is 2.54. The molecule has 9 nitrogen and oxygen atoms in total. The smallest absolute Gasteiger partial charge is 0.417 e. The fourth-order valence-electron chi connectivity index (χ4n) is 8.97. The van der Waals surface area contributed by atoms with Gasteiger partial charge in [0.05, 0.1) is 28.5 Å². The molecule has 0 spiro atoms. The van der Waals surface area contributed by atoms with Gasteiger partial charge in [-0.15, -0.1) is 0 Å². The van der Waals surface area contributed by atoms with Gasteiger partial charge >= 0.3 is 12.2 Å². The van der Waals surface area contributed by atoms with Crippen LogP contribution < -0.4 is 15.0 Å². The molecule has 0 aliphatic carbocycles. The van der Waals surface area contributed by atoms with Gasteiger partial charge < -0.3 is 15.0 Å². The number of nitrogens with zero attached hydrogens (tertiary/aromatic N) is 6. The van der Waals surface area contributed by atoms with Crippen LogP contribution in [0.5, 0.6) is 6.01 Å². The van der Waals surface area contributed by atoms with Crippen LogP contribution in [-0.4, -0.2) is 87.9 Å². The van der Waals surface area contributed by atoms with Gasteiger partial charge in [-0.2, -0.15) is 28.2 Å². The number of fused-ring (bicyclic) bond motifs is 7. The number of nitrogens with one attached hydrogen (secondary N) is 2. The zero-order chi connectivity index (χ0) is 32.1. The van der Waals surface area contributed by atoms with E-state index in [1.165, 1.54) is 30.9 Å². The highest BCUT2D eigenvalue weighted by Gasteiger charge is 2.50. The molecule has 8 heterocycles. The summed E-state index contributed by atoms with van der Waals surface area (Å²) in [5.74, 6) is 0.542. The minimum atomic E-state index is -4.59. The summed E-state index contributed by atoms with van der Waals surface area (Å²) in [6.07, 6.45) is 3.81. The van der Waals surface area contributed by atoms with E-state index in [2.05, 4.69) is 30.3 Å². The summed E-state index contributed by atoms with van der Waals surface area (Å²) in [5, 5.41) is 11.8. The van der Waals surface area contributed by atoms with Crippen LogP contribution in [0, 0.1) is 6.92 Å². The highest BCUT2D eigenvalue weighted by Crippen LogP contribution is 2.58. The topological polar surface area (TPSA) is 94.6 Å². The normalized spacial score (nSPS) is 30.3. The van der Waals surface area contributed by atoms with Crippen molar-refractivity contribution in [3.63, 3.8) is 0 Å². The number of halogens is 4. The SMILES string of the molecule is Cc1cc2[nH]ncc2c(C2=C3Sc4nc(OC[C@@]56CCCN5C[C@H](F)C6)nc(N5CCC6CCC(C5)N6)c4C3CC=N2)c1C(F)(F)F. The van der Waals surface area contributed by atoms with E-state index in [9.17, 15) is 17.6 Å². The first-order chi connectivity index (χ1) is 22.7. The van der Waals surface area contributed by atoms with E-state index < -0.39 is 17.9 Å². The Hall–Kier alpha value is -3.23. The van der Waals surface area contributed by atoms with E-state index in [1.54, 1.807) is 6.21 Å². The minimum absolute atomic E-state index is 0.0437. The van der Waals surface area contributed by atoms with Gasteiger partial charge in [0.25, 0.3) is 0 Å². The zero-order valence-corrected chi connectivity index (χ0v) is 26.9. The Kier molecular flexibility index (Phi) is 6.92. The molecule has 5 atom stereocenters. The molecule has 6 aliphatic heterocycles. The first-order valence-electron chi connectivity index (χ1n) is 16.6. The van der Waals surface area contributed by atoms with Crippen LogP contribution in [0.4, 0.5) is 23.4 Å².